The zero-order chi connectivity index (χ0) is 31.2. The number of rotatable bonds is 7. The number of piperidine rings is 1. The minimum Gasteiger partial charge on any atom is -0.346 e. The van der Waals surface area contributed by atoms with E-state index in [1.807, 2.05) is 42.1 Å². The molecule has 1 saturated carbocycles. The summed E-state index contributed by atoms with van der Waals surface area (Å²) in [5.74, 6) is 1.35. The number of amides is 1. The van der Waals surface area contributed by atoms with Crippen LogP contribution in [-0.2, 0) is 16.1 Å². The van der Waals surface area contributed by atoms with Crippen LogP contribution in [0.3, 0.4) is 0 Å². The molecule has 1 amide bonds. The van der Waals surface area contributed by atoms with Crippen LogP contribution in [0.2, 0.25) is 0 Å². The summed E-state index contributed by atoms with van der Waals surface area (Å²) in [6.07, 6.45) is 18.9. The number of aromatic amines is 1. The van der Waals surface area contributed by atoms with Crippen LogP contribution in [-0.4, -0.2) is 50.8 Å². The third-order valence-electron chi connectivity index (χ3n) is 10.9. The van der Waals surface area contributed by atoms with E-state index in [0.717, 1.165) is 112 Å². The minimum atomic E-state index is -0.201. The molecule has 8 nitrogen and oxygen atoms in total. The fourth-order valence-corrected chi connectivity index (χ4v) is 7.68. The van der Waals surface area contributed by atoms with E-state index in [2.05, 4.69) is 21.3 Å². The first kappa shape index (κ1) is 31.7. The van der Waals surface area contributed by atoms with Gasteiger partial charge in [-0.05, 0) is 93.6 Å². The van der Waals surface area contributed by atoms with E-state index in [-0.39, 0.29) is 28.8 Å². The van der Waals surface area contributed by atoms with Gasteiger partial charge in [0.25, 0.3) is 5.56 Å². The number of carbonyl (C=O) groups excluding carboxylic acids is 2. The van der Waals surface area contributed by atoms with Crippen molar-refractivity contribution in [3.8, 4) is 11.3 Å². The highest BCUT2D eigenvalue weighted by atomic mass is 16.2. The number of nitrogens with one attached hydrogen (secondary N) is 2. The minimum absolute atomic E-state index is 0.0695. The predicted molar refractivity (Wildman–Crippen MR) is 179 cm³/mol. The molecule has 0 unspecified atom stereocenters. The van der Waals surface area contributed by atoms with Gasteiger partial charge >= 0.3 is 0 Å². The molecule has 1 aromatic carbocycles. The van der Waals surface area contributed by atoms with Gasteiger partial charge in [-0.1, -0.05) is 51.5 Å². The molecule has 7 aliphatic heterocycles. The van der Waals surface area contributed by atoms with E-state index in [9.17, 15) is 14.4 Å². The number of aromatic nitrogens is 3. The van der Waals surface area contributed by atoms with Gasteiger partial charge in [-0.2, -0.15) is 0 Å². The number of ketones is 1. The fraction of sp³-hybridized carbons (Fsp3) is 0.622. The van der Waals surface area contributed by atoms with Gasteiger partial charge in [0, 0.05) is 42.5 Å². The largest absolute Gasteiger partial charge is 0.346 e. The van der Waals surface area contributed by atoms with Gasteiger partial charge < -0.3 is 19.8 Å². The Bertz CT molecular complexity index is 1530. The number of nitrogens with zero attached hydrogens (tertiary/aromatic N) is 3. The van der Waals surface area contributed by atoms with Crippen molar-refractivity contribution in [1.29, 1.82) is 0 Å². The molecule has 1 spiro atoms. The van der Waals surface area contributed by atoms with E-state index in [4.69, 9.17) is 4.98 Å². The van der Waals surface area contributed by atoms with E-state index < -0.39 is 0 Å². The van der Waals surface area contributed by atoms with Crippen molar-refractivity contribution in [3.63, 3.8) is 0 Å². The van der Waals surface area contributed by atoms with Crippen molar-refractivity contribution in [2.24, 2.45) is 11.3 Å². The number of pyridine rings is 1. The molecule has 2 N–H and O–H groups in total. The highest BCUT2D eigenvalue weighted by molar-refractivity contribution is 5.86. The maximum Gasteiger partial charge on any atom is 0.258 e. The lowest BCUT2D eigenvalue weighted by atomic mass is 9.90. The van der Waals surface area contributed by atoms with Gasteiger partial charge in [-0.3, -0.25) is 14.4 Å². The van der Waals surface area contributed by atoms with Crippen LogP contribution in [0.1, 0.15) is 115 Å². The first-order valence-corrected chi connectivity index (χ1v) is 17.7. The molecule has 8 aliphatic rings. The van der Waals surface area contributed by atoms with Gasteiger partial charge in [0.05, 0.1) is 17.9 Å². The van der Waals surface area contributed by atoms with Gasteiger partial charge in [0.2, 0.25) is 5.91 Å². The molecule has 1 saturated heterocycles. The molecule has 8 bridgehead atoms. The Kier molecular flexibility index (Phi) is 10.2. The van der Waals surface area contributed by atoms with E-state index in [0.29, 0.717) is 18.6 Å². The van der Waals surface area contributed by atoms with Crippen LogP contribution in [0.5, 0.6) is 0 Å². The van der Waals surface area contributed by atoms with Crippen LogP contribution in [0.15, 0.2) is 41.5 Å². The average molecular weight is 614 g/mol. The number of benzene rings is 1. The quantitative estimate of drug-likeness (QED) is 0.282. The molecule has 2 aromatic heterocycles. The molecule has 45 heavy (non-hydrogen) atoms. The standard InChI is InChI=1S/C37H51N5O3/c1-2-29(43)12-8-7-9-13-32-34-38-26-33(39-34)28-14-15-30-27(24-28)16-21-42(36(30)45)20-11-6-4-3-5-10-19-41-22-17-37(18-23-41)25-31(37)35(44)40-32/h14-16,21,24,26,31-32H,2-13,17-20,22-23,25H2,1H3,(H,38,39)(H,40,44)/t31-,32+/m1/s1. The average Bonchev–Trinajstić information content (AvgIpc) is 3.52. The van der Waals surface area contributed by atoms with Crippen LogP contribution in [0, 0.1) is 11.3 Å². The van der Waals surface area contributed by atoms with E-state index >= 15 is 0 Å². The maximum atomic E-state index is 13.7. The molecule has 8 heteroatoms. The number of imidazole rings is 1. The molecule has 2 fully saturated rings. The van der Waals surface area contributed by atoms with Crippen molar-refractivity contribution in [2.75, 3.05) is 19.6 Å². The van der Waals surface area contributed by atoms with Crippen molar-refractivity contribution >= 4 is 22.5 Å². The van der Waals surface area contributed by atoms with Crippen LogP contribution in [0.25, 0.3) is 22.0 Å². The number of hydrogen-bond donors (Lipinski definition) is 2. The Morgan fingerprint density at radius 2 is 1.73 bits per heavy atom. The zero-order valence-electron chi connectivity index (χ0n) is 27.1. The number of carbonyl (C=O) groups is 2. The molecule has 242 valence electrons. The van der Waals surface area contributed by atoms with Crippen molar-refractivity contribution in [1.82, 2.24) is 24.8 Å². The molecule has 9 heterocycles. The van der Waals surface area contributed by atoms with E-state index in [1.165, 1.54) is 25.7 Å². The lowest BCUT2D eigenvalue weighted by Crippen LogP contribution is -2.38. The first-order valence-electron chi connectivity index (χ1n) is 17.7. The Labute approximate surface area is 267 Å². The maximum absolute atomic E-state index is 13.7. The van der Waals surface area contributed by atoms with Crippen molar-refractivity contribution in [2.45, 2.75) is 116 Å². The highest BCUT2D eigenvalue weighted by Gasteiger charge is 2.58. The number of H-pyrrole nitrogens is 1. The molecule has 11 rings (SSSR count). The lowest BCUT2D eigenvalue weighted by molar-refractivity contribution is -0.124. The Morgan fingerprint density at radius 1 is 0.956 bits per heavy atom. The monoisotopic (exact) mass is 613 g/mol. The number of aryl methyl sites for hydroxylation is 1. The SMILES string of the molecule is CCC(=O)CCCCC[C@@H]1NC(=O)[C@H]2CC23CCN(CCCCCCCCn2ccc4cc(ccc4c2=O)-c2cnc1[nH]2)CC3. The normalized spacial score (nSPS) is 26.0. The third kappa shape index (κ3) is 7.59. The fourth-order valence-electron chi connectivity index (χ4n) is 7.68. The van der Waals surface area contributed by atoms with Gasteiger partial charge in [0.15, 0.2) is 0 Å². The number of Topliss-reactive ketones (excluding diaryl/α,β-unsaturated/α-hetero) is 1. The first-order chi connectivity index (χ1) is 22.0. The summed E-state index contributed by atoms with van der Waals surface area (Å²) in [5.41, 5.74) is 2.10. The zero-order valence-corrected chi connectivity index (χ0v) is 27.1. The second kappa shape index (κ2) is 14.4. The summed E-state index contributed by atoms with van der Waals surface area (Å²) >= 11 is 0. The summed E-state index contributed by atoms with van der Waals surface area (Å²) in [4.78, 5) is 49.6. The van der Waals surface area contributed by atoms with Crippen LogP contribution >= 0.6 is 0 Å². The second-order valence-corrected chi connectivity index (χ2v) is 13.9. The Morgan fingerprint density at radius 3 is 2.53 bits per heavy atom. The van der Waals surface area contributed by atoms with Gasteiger partial charge in [0.1, 0.15) is 11.6 Å². The Hall–Kier alpha value is -3.26. The lowest BCUT2D eigenvalue weighted by Gasteiger charge is -2.33. The number of unbranched alkanes of at least 4 members (excludes halogenated alkanes) is 2. The second-order valence-electron chi connectivity index (χ2n) is 13.9. The molecule has 2 atom stereocenters. The number of hydrogen-bond acceptors (Lipinski definition) is 5. The third-order valence-corrected chi connectivity index (χ3v) is 10.9. The van der Waals surface area contributed by atoms with Gasteiger partial charge in [-0.15, -0.1) is 0 Å². The molecular formula is C37H51N5O3. The summed E-state index contributed by atoms with van der Waals surface area (Å²) in [6.45, 7) is 6.04. The summed E-state index contributed by atoms with van der Waals surface area (Å²) < 4.78 is 1.86. The summed E-state index contributed by atoms with van der Waals surface area (Å²) in [5, 5.41) is 5.06. The van der Waals surface area contributed by atoms with Crippen LogP contribution < -0.4 is 10.9 Å². The smallest absolute Gasteiger partial charge is 0.258 e. The molecule has 0 radical (unpaired) electrons. The van der Waals surface area contributed by atoms with Gasteiger partial charge in [-0.25, -0.2) is 4.98 Å². The summed E-state index contributed by atoms with van der Waals surface area (Å²) in [7, 11) is 0. The topological polar surface area (TPSA) is 100 Å². The predicted octanol–water partition coefficient (Wildman–Crippen LogP) is 6.93. The van der Waals surface area contributed by atoms with E-state index in [1.54, 1.807) is 0 Å². The molecule has 1 aliphatic carbocycles. The van der Waals surface area contributed by atoms with Crippen LogP contribution in [0.4, 0.5) is 0 Å². The Balaban J connectivity index is 1.21. The molecular weight excluding hydrogens is 562 g/mol. The van der Waals surface area contributed by atoms with Crippen molar-refractivity contribution < 1.29 is 9.59 Å². The highest BCUT2D eigenvalue weighted by Crippen LogP contribution is 2.59. The summed E-state index contributed by atoms with van der Waals surface area (Å²) in [6, 6.07) is 7.82. The molecule has 3 aromatic rings. The van der Waals surface area contributed by atoms with Crippen molar-refractivity contribution in [3.05, 3.63) is 52.8 Å².